The zero-order valence-electron chi connectivity index (χ0n) is 19.9. The van der Waals surface area contributed by atoms with Crippen LogP contribution in [0.5, 0.6) is 11.5 Å². The van der Waals surface area contributed by atoms with Crippen molar-refractivity contribution in [2.45, 2.75) is 63.3 Å². The number of benzene rings is 1. The van der Waals surface area contributed by atoms with Crippen molar-refractivity contribution in [3.8, 4) is 11.5 Å². The molecule has 1 saturated carbocycles. The van der Waals surface area contributed by atoms with Crippen LogP contribution in [-0.2, 0) is 11.3 Å². The Kier molecular flexibility index (Phi) is 7.08. The normalized spacial score (nSPS) is 23.8. The van der Waals surface area contributed by atoms with Crippen LogP contribution in [0, 0.1) is 0 Å². The lowest BCUT2D eigenvalue weighted by Crippen LogP contribution is -2.51. The van der Waals surface area contributed by atoms with E-state index in [0.29, 0.717) is 6.54 Å². The largest absolute Gasteiger partial charge is 0.497 e. The van der Waals surface area contributed by atoms with Gasteiger partial charge in [0.2, 0.25) is 0 Å². The molecular weight excluding hydrogens is 420 g/mol. The Morgan fingerprint density at radius 2 is 1.85 bits per heavy atom. The van der Waals surface area contributed by atoms with E-state index in [9.17, 15) is 0 Å². The number of rotatable bonds is 8. The van der Waals surface area contributed by atoms with Crippen LogP contribution in [0.2, 0.25) is 0 Å². The van der Waals surface area contributed by atoms with Gasteiger partial charge in [0.25, 0.3) is 0 Å². The van der Waals surface area contributed by atoms with Crippen molar-refractivity contribution in [3.63, 3.8) is 0 Å². The minimum absolute atomic E-state index is 0.0898. The van der Waals surface area contributed by atoms with Crippen molar-refractivity contribution in [2.75, 3.05) is 47.0 Å². The number of ether oxygens (including phenoxy) is 3. The Bertz CT molecular complexity index is 901. The van der Waals surface area contributed by atoms with Crippen LogP contribution >= 0.6 is 0 Å². The first kappa shape index (κ1) is 22.6. The first-order valence-corrected chi connectivity index (χ1v) is 12.3. The average Bonchev–Trinajstić information content (AvgIpc) is 3.64. The lowest BCUT2D eigenvalue weighted by molar-refractivity contribution is 0.0714. The van der Waals surface area contributed by atoms with E-state index in [1.807, 2.05) is 16.8 Å². The lowest BCUT2D eigenvalue weighted by atomic mass is 10.0. The van der Waals surface area contributed by atoms with Gasteiger partial charge in [0.15, 0.2) is 5.82 Å². The monoisotopic (exact) mass is 456 g/mol. The molecule has 3 heterocycles. The van der Waals surface area contributed by atoms with Crippen LogP contribution in [0.25, 0.3) is 0 Å². The molecule has 5 rings (SSSR count). The molecule has 0 spiro atoms. The third-order valence-corrected chi connectivity index (χ3v) is 7.50. The van der Waals surface area contributed by atoms with Crippen LogP contribution < -0.4 is 9.47 Å². The molecule has 1 aromatic carbocycles. The van der Waals surface area contributed by atoms with E-state index in [2.05, 4.69) is 31.4 Å². The fraction of sp³-hybridized carbons (Fsp3) is 0.708. The highest BCUT2D eigenvalue weighted by atomic mass is 16.5. The molecule has 180 valence electrons. The zero-order valence-corrected chi connectivity index (χ0v) is 19.9. The van der Waals surface area contributed by atoms with Crippen LogP contribution in [-0.4, -0.2) is 89.2 Å². The highest BCUT2D eigenvalue weighted by molar-refractivity contribution is 5.44. The maximum atomic E-state index is 5.88. The lowest BCUT2D eigenvalue weighted by Gasteiger charge is -2.41. The third kappa shape index (κ3) is 4.85. The van der Waals surface area contributed by atoms with E-state index in [-0.39, 0.29) is 12.1 Å². The molecule has 2 aromatic rings. The van der Waals surface area contributed by atoms with Gasteiger partial charge >= 0.3 is 0 Å². The summed E-state index contributed by atoms with van der Waals surface area (Å²) >= 11 is 0. The fourth-order valence-corrected chi connectivity index (χ4v) is 5.69. The van der Waals surface area contributed by atoms with E-state index in [4.69, 9.17) is 14.2 Å². The Hall–Kier alpha value is -2.23. The predicted molar refractivity (Wildman–Crippen MR) is 124 cm³/mol. The molecular formula is C24H36N6O3. The second kappa shape index (κ2) is 10.4. The topological polar surface area (TPSA) is 77.8 Å². The molecule has 1 aliphatic carbocycles. The minimum atomic E-state index is -0.0898. The third-order valence-electron chi connectivity index (χ3n) is 7.50. The minimum Gasteiger partial charge on any atom is -0.497 e. The van der Waals surface area contributed by atoms with Crippen molar-refractivity contribution < 1.29 is 14.2 Å². The smallest absolute Gasteiger partial charge is 0.173 e. The van der Waals surface area contributed by atoms with E-state index in [1.54, 1.807) is 14.2 Å². The maximum Gasteiger partial charge on any atom is 0.173 e. The highest BCUT2D eigenvalue weighted by Crippen LogP contribution is 2.37. The summed E-state index contributed by atoms with van der Waals surface area (Å²) in [5.74, 6) is 2.42. The summed E-state index contributed by atoms with van der Waals surface area (Å²) in [4.78, 5) is 5.19. The zero-order chi connectivity index (χ0) is 22.6. The molecule has 0 amide bonds. The molecule has 33 heavy (non-hydrogen) atoms. The van der Waals surface area contributed by atoms with Gasteiger partial charge in [-0.1, -0.05) is 12.8 Å². The molecule has 0 radical (unpaired) electrons. The molecule has 3 aliphatic rings. The molecule has 9 heteroatoms. The maximum absolute atomic E-state index is 5.88. The van der Waals surface area contributed by atoms with Crippen molar-refractivity contribution in [3.05, 3.63) is 29.6 Å². The molecule has 2 aliphatic heterocycles. The summed E-state index contributed by atoms with van der Waals surface area (Å²) < 4.78 is 19.1. The van der Waals surface area contributed by atoms with Gasteiger partial charge in [-0.25, -0.2) is 4.68 Å². The Labute approximate surface area is 196 Å². The number of aromatic nitrogens is 4. The van der Waals surface area contributed by atoms with Crippen molar-refractivity contribution in [1.29, 1.82) is 0 Å². The van der Waals surface area contributed by atoms with Gasteiger partial charge in [0.05, 0.1) is 26.9 Å². The van der Waals surface area contributed by atoms with Gasteiger partial charge in [-0.2, -0.15) is 0 Å². The van der Waals surface area contributed by atoms with Gasteiger partial charge in [-0.05, 0) is 48.2 Å². The summed E-state index contributed by atoms with van der Waals surface area (Å²) in [6.07, 6.45) is 7.75. The highest BCUT2D eigenvalue weighted by Gasteiger charge is 2.35. The number of tetrazole rings is 1. The average molecular weight is 457 g/mol. The fourth-order valence-electron chi connectivity index (χ4n) is 5.69. The molecule has 0 unspecified atom stereocenters. The number of piperazine rings is 1. The van der Waals surface area contributed by atoms with Crippen molar-refractivity contribution in [2.24, 2.45) is 0 Å². The summed E-state index contributed by atoms with van der Waals surface area (Å²) in [5.41, 5.74) is 1.07. The molecule has 9 nitrogen and oxygen atoms in total. The van der Waals surface area contributed by atoms with Crippen LogP contribution in [0.1, 0.15) is 56.0 Å². The summed E-state index contributed by atoms with van der Waals surface area (Å²) in [6, 6.07) is 6.70. The van der Waals surface area contributed by atoms with E-state index in [0.717, 1.165) is 74.6 Å². The Morgan fingerprint density at radius 3 is 2.55 bits per heavy atom. The number of methoxy groups -OCH3 is 2. The van der Waals surface area contributed by atoms with Crippen molar-refractivity contribution in [1.82, 2.24) is 30.0 Å². The van der Waals surface area contributed by atoms with E-state index in [1.165, 1.54) is 25.7 Å². The van der Waals surface area contributed by atoms with E-state index >= 15 is 0 Å². The Morgan fingerprint density at radius 1 is 1.03 bits per heavy atom. The van der Waals surface area contributed by atoms with Gasteiger partial charge < -0.3 is 14.2 Å². The van der Waals surface area contributed by atoms with Crippen molar-refractivity contribution >= 4 is 0 Å². The number of nitrogens with zero attached hydrogens (tertiary/aromatic N) is 6. The molecule has 1 aromatic heterocycles. The number of hydrogen-bond acceptors (Lipinski definition) is 8. The van der Waals surface area contributed by atoms with Gasteiger partial charge in [-0.15, -0.1) is 5.10 Å². The first-order chi connectivity index (χ1) is 16.3. The Balaban J connectivity index is 1.44. The molecule has 0 bridgehead atoms. The van der Waals surface area contributed by atoms with Crippen LogP contribution in [0.4, 0.5) is 0 Å². The van der Waals surface area contributed by atoms with Gasteiger partial charge in [0.1, 0.15) is 17.5 Å². The molecule has 0 N–H and O–H groups in total. The number of hydrogen-bond donors (Lipinski definition) is 0. The second-order valence-corrected chi connectivity index (χ2v) is 9.37. The molecule has 2 atom stereocenters. The first-order valence-electron chi connectivity index (χ1n) is 12.3. The SMILES string of the molecule is COc1ccc([C@@H](c2nnnn2C[C@@H]2CCCO2)N2CCN(C3CCCC3)CC2)c(OC)c1. The standard InChI is InChI=1S/C24H36N6O3/c1-31-19-9-10-21(22(16-19)32-2)23(24-25-26-27-30(24)17-20-8-5-15-33-20)29-13-11-28(12-14-29)18-6-3-4-7-18/h9-10,16,18,20,23H,3-8,11-15,17H2,1-2H3/t20-,23-/m0/s1. The van der Waals surface area contributed by atoms with E-state index < -0.39 is 0 Å². The summed E-state index contributed by atoms with van der Waals surface area (Å²) in [6.45, 7) is 5.60. The second-order valence-electron chi connectivity index (χ2n) is 9.37. The molecule has 2 saturated heterocycles. The summed E-state index contributed by atoms with van der Waals surface area (Å²) in [5, 5.41) is 13.0. The summed E-state index contributed by atoms with van der Waals surface area (Å²) in [7, 11) is 3.39. The van der Waals surface area contributed by atoms with Crippen LogP contribution in [0.15, 0.2) is 18.2 Å². The van der Waals surface area contributed by atoms with Gasteiger partial charge in [0, 0.05) is 50.5 Å². The predicted octanol–water partition coefficient (Wildman–Crippen LogP) is 2.52. The van der Waals surface area contributed by atoms with Gasteiger partial charge in [-0.3, -0.25) is 9.80 Å². The quantitative estimate of drug-likeness (QED) is 0.600. The molecule has 3 fully saturated rings. The van der Waals surface area contributed by atoms with Crippen LogP contribution in [0.3, 0.4) is 0 Å².